The van der Waals surface area contributed by atoms with Crippen LogP contribution in [0.4, 0.5) is 8.78 Å². The quantitative estimate of drug-likeness (QED) is 0.863. The largest absolute Gasteiger partial charge is 0.434 e. The van der Waals surface area contributed by atoms with E-state index in [4.69, 9.17) is 5.73 Å². The first-order chi connectivity index (χ1) is 9.61. The molecule has 0 radical (unpaired) electrons. The molecule has 1 aromatic carbocycles. The summed E-state index contributed by atoms with van der Waals surface area (Å²) in [6, 6.07) is 6.67. The van der Waals surface area contributed by atoms with Crippen LogP contribution in [-0.2, 0) is 0 Å². The van der Waals surface area contributed by atoms with Crippen molar-refractivity contribution >= 4 is 0 Å². The van der Waals surface area contributed by atoms with Crippen LogP contribution in [0.3, 0.4) is 0 Å². The van der Waals surface area contributed by atoms with E-state index >= 15 is 0 Å². The van der Waals surface area contributed by atoms with Crippen LogP contribution in [0.25, 0.3) is 0 Å². The van der Waals surface area contributed by atoms with Crippen LogP contribution in [-0.4, -0.2) is 6.61 Å². The van der Waals surface area contributed by atoms with Gasteiger partial charge in [0.1, 0.15) is 5.75 Å². The van der Waals surface area contributed by atoms with Crippen LogP contribution in [0.5, 0.6) is 5.75 Å². The summed E-state index contributed by atoms with van der Waals surface area (Å²) < 4.78 is 29.5. The van der Waals surface area contributed by atoms with Gasteiger partial charge >= 0.3 is 6.61 Å². The summed E-state index contributed by atoms with van der Waals surface area (Å²) in [6.07, 6.45) is 5.73. The van der Waals surface area contributed by atoms with Gasteiger partial charge in [-0.2, -0.15) is 8.78 Å². The molecule has 1 aliphatic rings. The maximum Gasteiger partial charge on any atom is 0.387 e. The van der Waals surface area contributed by atoms with Crippen molar-refractivity contribution in [2.24, 2.45) is 17.6 Å². The third-order valence-electron chi connectivity index (χ3n) is 4.47. The number of nitrogens with two attached hydrogens (primary N) is 1. The number of halogens is 2. The highest BCUT2D eigenvalue weighted by molar-refractivity contribution is 5.36. The number of para-hydroxylation sites is 1. The molecule has 1 fully saturated rings. The van der Waals surface area contributed by atoms with Crippen LogP contribution in [0.2, 0.25) is 0 Å². The summed E-state index contributed by atoms with van der Waals surface area (Å²) >= 11 is 0. The Bertz CT molecular complexity index is 417. The lowest BCUT2D eigenvalue weighted by molar-refractivity contribution is -0.0508. The lowest BCUT2D eigenvalue weighted by Crippen LogP contribution is -2.26. The van der Waals surface area contributed by atoms with Gasteiger partial charge in [0.25, 0.3) is 0 Å². The van der Waals surface area contributed by atoms with Gasteiger partial charge in [-0.25, -0.2) is 0 Å². The smallest absolute Gasteiger partial charge is 0.387 e. The Labute approximate surface area is 119 Å². The molecule has 2 rings (SSSR count). The van der Waals surface area contributed by atoms with Crippen molar-refractivity contribution in [3.63, 3.8) is 0 Å². The van der Waals surface area contributed by atoms with E-state index in [0.29, 0.717) is 11.5 Å². The van der Waals surface area contributed by atoms with E-state index in [2.05, 4.69) is 11.7 Å². The number of alkyl halides is 2. The molecule has 0 spiro atoms. The van der Waals surface area contributed by atoms with Crippen LogP contribution in [0.15, 0.2) is 24.3 Å². The highest BCUT2D eigenvalue weighted by atomic mass is 19.3. The lowest BCUT2D eigenvalue weighted by Gasteiger charge is -2.32. The maximum absolute atomic E-state index is 12.4. The number of ether oxygens (including phenoxy) is 1. The normalized spacial score (nSPS) is 24.6. The Morgan fingerprint density at radius 3 is 2.45 bits per heavy atom. The molecular weight excluding hydrogens is 260 g/mol. The van der Waals surface area contributed by atoms with E-state index in [1.807, 2.05) is 6.07 Å². The minimum absolute atomic E-state index is 0.215. The van der Waals surface area contributed by atoms with Gasteiger partial charge < -0.3 is 10.5 Å². The van der Waals surface area contributed by atoms with Crippen LogP contribution < -0.4 is 10.5 Å². The number of hydrogen-bond donors (Lipinski definition) is 1. The number of benzene rings is 1. The second kappa shape index (κ2) is 7.02. The van der Waals surface area contributed by atoms with Crippen molar-refractivity contribution in [3.8, 4) is 5.75 Å². The minimum Gasteiger partial charge on any atom is -0.434 e. The van der Waals surface area contributed by atoms with E-state index in [0.717, 1.165) is 18.8 Å². The zero-order chi connectivity index (χ0) is 14.5. The van der Waals surface area contributed by atoms with Gasteiger partial charge in [0.05, 0.1) is 0 Å². The summed E-state index contributed by atoms with van der Waals surface area (Å²) in [5, 5.41) is 0. The second-order valence-electron chi connectivity index (χ2n) is 5.63. The predicted molar refractivity (Wildman–Crippen MR) is 75.7 cm³/mol. The molecule has 2 N–H and O–H groups in total. The molecule has 0 bridgehead atoms. The van der Waals surface area contributed by atoms with Crippen molar-refractivity contribution in [1.82, 2.24) is 0 Å². The van der Waals surface area contributed by atoms with Crippen molar-refractivity contribution in [3.05, 3.63) is 29.8 Å². The van der Waals surface area contributed by atoms with Crippen molar-refractivity contribution in [1.29, 1.82) is 0 Å². The molecule has 0 saturated heterocycles. The first-order valence-corrected chi connectivity index (χ1v) is 7.41. The molecular formula is C16H23F2NO. The number of hydrogen-bond acceptors (Lipinski definition) is 2. The Morgan fingerprint density at radius 2 is 1.85 bits per heavy atom. The van der Waals surface area contributed by atoms with Gasteiger partial charge in [0.2, 0.25) is 0 Å². The molecule has 112 valence electrons. The molecule has 1 saturated carbocycles. The Hall–Kier alpha value is -1.16. The molecule has 1 aliphatic carbocycles. The monoisotopic (exact) mass is 283 g/mol. The summed E-state index contributed by atoms with van der Waals surface area (Å²) in [6.45, 7) is -0.587. The Kier molecular flexibility index (Phi) is 5.35. The van der Waals surface area contributed by atoms with Crippen molar-refractivity contribution in [2.45, 2.75) is 51.7 Å². The van der Waals surface area contributed by atoms with E-state index in [9.17, 15) is 8.78 Å². The third kappa shape index (κ3) is 3.69. The fraction of sp³-hybridized carbons (Fsp3) is 0.625. The lowest BCUT2D eigenvalue weighted by atomic mass is 9.76. The zero-order valence-corrected chi connectivity index (χ0v) is 11.9. The fourth-order valence-corrected chi connectivity index (χ4v) is 3.17. The molecule has 0 aliphatic heterocycles. The molecule has 2 nitrogen and oxygen atoms in total. The predicted octanol–water partition coefficient (Wildman–Crippen LogP) is 4.50. The van der Waals surface area contributed by atoms with Crippen molar-refractivity contribution in [2.75, 3.05) is 0 Å². The summed E-state index contributed by atoms with van der Waals surface area (Å²) in [5.74, 6) is 1.37. The third-order valence-corrected chi connectivity index (χ3v) is 4.47. The van der Waals surface area contributed by atoms with Gasteiger partial charge in [0, 0.05) is 11.6 Å². The van der Waals surface area contributed by atoms with Gasteiger partial charge in [0.15, 0.2) is 0 Å². The fourth-order valence-electron chi connectivity index (χ4n) is 3.17. The molecule has 0 amide bonds. The summed E-state index contributed by atoms with van der Waals surface area (Å²) in [5.41, 5.74) is 7.01. The highest BCUT2D eigenvalue weighted by Crippen LogP contribution is 2.39. The van der Waals surface area contributed by atoms with Gasteiger partial charge in [-0.1, -0.05) is 44.4 Å². The second-order valence-corrected chi connectivity index (χ2v) is 5.63. The van der Waals surface area contributed by atoms with E-state index in [1.165, 1.54) is 19.3 Å². The average Bonchev–Trinajstić information content (AvgIpc) is 2.46. The van der Waals surface area contributed by atoms with E-state index in [1.54, 1.807) is 18.2 Å². The first kappa shape index (κ1) is 15.2. The van der Waals surface area contributed by atoms with Crippen LogP contribution in [0, 0.1) is 11.8 Å². The topological polar surface area (TPSA) is 35.2 Å². The molecule has 0 heterocycles. The van der Waals surface area contributed by atoms with E-state index < -0.39 is 6.61 Å². The molecule has 1 aromatic rings. The number of rotatable bonds is 5. The first-order valence-electron chi connectivity index (χ1n) is 7.41. The Morgan fingerprint density at radius 1 is 1.20 bits per heavy atom. The van der Waals surface area contributed by atoms with Gasteiger partial charge in [-0.05, 0) is 30.7 Å². The SMILES string of the molecule is CCC1CCC(C(N)c2ccccc2OC(F)F)CC1. The standard InChI is InChI=1S/C16H23F2NO/c1-2-11-7-9-12(10-8-11)15(19)13-5-3-4-6-14(13)20-16(17)18/h3-6,11-12,15-16H,2,7-10,19H2,1H3. The molecule has 4 heteroatoms. The molecule has 20 heavy (non-hydrogen) atoms. The molecule has 1 unspecified atom stereocenters. The summed E-state index contributed by atoms with van der Waals surface area (Å²) in [4.78, 5) is 0. The van der Waals surface area contributed by atoms with Gasteiger partial charge in [-0.15, -0.1) is 0 Å². The average molecular weight is 283 g/mol. The highest BCUT2D eigenvalue weighted by Gasteiger charge is 2.27. The van der Waals surface area contributed by atoms with Crippen LogP contribution in [0.1, 0.15) is 50.6 Å². The maximum atomic E-state index is 12.4. The van der Waals surface area contributed by atoms with Gasteiger partial charge in [-0.3, -0.25) is 0 Å². The minimum atomic E-state index is -2.81. The molecule has 1 atom stereocenters. The van der Waals surface area contributed by atoms with E-state index in [-0.39, 0.29) is 11.8 Å². The van der Waals surface area contributed by atoms with Crippen LogP contribution >= 0.6 is 0 Å². The van der Waals surface area contributed by atoms with Crippen molar-refractivity contribution < 1.29 is 13.5 Å². The Balaban J connectivity index is 2.07. The zero-order valence-electron chi connectivity index (χ0n) is 11.9. The summed E-state index contributed by atoms with van der Waals surface area (Å²) in [7, 11) is 0. The molecule has 0 aromatic heterocycles.